The number of hydrogen-bond donors (Lipinski definition) is 1. The van der Waals surface area contributed by atoms with Crippen molar-refractivity contribution >= 4 is 41.0 Å². The summed E-state index contributed by atoms with van der Waals surface area (Å²) in [5, 5.41) is 3.24. The van der Waals surface area contributed by atoms with Crippen LogP contribution in [0.25, 0.3) is 0 Å². The Labute approximate surface area is 183 Å². The van der Waals surface area contributed by atoms with Gasteiger partial charge < -0.3 is 10.2 Å². The maximum Gasteiger partial charge on any atom is 0.325 e. The lowest BCUT2D eigenvalue weighted by atomic mass is 9.92. The van der Waals surface area contributed by atoms with Crippen LogP contribution in [0.5, 0.6) is 0 Å². The van der Waals surface area contributed by atoms with Gasteiger partial charge in [-0.2, -0.15) is 0 Å². The van der Waals surface area contributed by atoms with Crippen LogP contribution in [0.3, 0.4) is 0 Å². The van der Waals surface area contributed by atoms with Gasteiger partial charge in [-0.3, -0.25) is 14.5 Å². The minimum Gasteiger partial charge on any atom is -0.337 e. The van der Waals surface area contributed by atoms with Crippen LogP contribution in [-0.2, 0) is 15.1 Å². The Hall–Kier alpha value is -2.64. The van der Waals surface area contributed by atoms with Crippen LogP contribution in [0.1, 0.15) is 31.0 Å². The summed E-state index contributed by atoms with van der Waals surface area (Å²) in [6, 6.07) is 9.33. The van der Waals surface area contributed by atoms with Crippen molar-refractivity contribution in [3.63, 3.8) is 0 Å². The van der Waals surface area contributed by atoms with E-state index >= 15 is 0 Å². The number of imide groups is 1. The van der Waals surface area contributed by atoms with Crippen LogP contribution in [0.15, 0.2) is 42.5 Å². The molecule has 1 saturated heterocycles. The maximum absolute atomic E-state index is 13.1. The molecule has 3 rings (SSSR count). The highest BCUT2D eigenvalue weighted by Gasteiger charge is 2.50. The van der Waals surface area contributed by atoms with Crippen molar-refractivity contribution in [3.05, 3.63) is 69.5 Å². The molecule has 0 aromatic heterocycles. The van der Waals surface area contributed by atoms with Crippen LogP contribution in [0, 0.1) is 5.82 Å². The Morgan fingerprint density at radius 3 is 2.43 bits per heavy atom. The third-order valence-corrected chi connectivity index (χ3v) is 5.91. The maximum atomic E-state index is 13.1. The van der Waals surface area contributed by atoms with Gasteiger partial charge in [0, 0.05) is 22.7 Å². The third-order valence-electron chi connectivity index (χ3n) is 5.36. The molecule has 0 radical (unpaired) electrons. The van der Waals surface area contributed by atoms with E-state index in [0.717, 1.165) is 10.5 Å². The minimum absolute atomic E-state index is 0.230. The average Bonchev–Trinajstić information content (AvgIpc) is 2.91. The van der Waals surface area contributed by atoms with Gasteiger partial charge in [0.05, 0.1) is 6.04 Å². The lowest BCUT2D eigenvalue weighted by molar-refractivity contribution is -0.139. The molecule has 9 heteroatoms. The van der Waals surface area contributed by atoms with Crippen molar-refractivity contribution in [1.82, 2.24) is 15.1 Å². The summed E-state index contributed by atoms with van der Waals surface area (Å²) < 4.78 is 13.1. The molecule has 2 atom stereocenters. The van der Waals surface area contributed by atoms with E-state index in [1.54, 1.807) is 38.2 Å². The first-order valence-corrected chi connectivity index (χ1v) is 9.91. The zero-order valence-electron chi connectivity index (χ0n) is 16.6. The fourth-order valence-corrected chi connectivity index (χ4v) is 3.94. The van der Waals surface area contributed by atoms with Gasteiger partial charge in [0.1, 0.15) is 17.9 Å². The van der Waals surface area contributed by atoms with Crippen molar-refractivity contribution in [2.45, 2.75) is 25.4 Å². The highest BCUT2D eigenvalue weighted by Crippen LogP contribution is 2.35. The standard InChI is InChI=1S/C21H20Cl2FN3O3/c1-12(13-4-7-15(24)8-5-13)26(3)18(28)11-27-19(29)21(2,25-20(27)30)16-9-6-14(22)10-17(16)23/h4-10,12H,11H2,1-3H3,(H,25,30). The van der Waals surface area contributed by atoms with Crippen molar-refractivity contribution < 1.29 is 18.8 Å². The zero-order chi connectivity index (χ0) is 22.2. The lowest BCUT2D eigenvalue weighted by Gasteiger charge is -2.27. The highest BCUT2D eigenvalue weighted by molar-refractivity contribution is 6.35. The normalized spacial score (nSPS) is 19.6. The summed E-state index contributed by atoms with van der Waals surface area (Å²) in [7, 11) is 1.56. The number of benzene rings is 2. The number of carbonyl (C=O) groups is 3. The van der Waals surface area contributed by atoms with E-state index in [1.165, 1.54) is 30.0 Å². The molecule has 1 heterocycles. The number of carbonyl (C=O) groups excluding carboxylic acids is 3. The number of nitrogens with one attached hydrogen (secondary N) is 1. The summed E-state index contributed by atoms with van der Waals surface area (Å²) in [6.45, 7) is 2.86. The molecule has 4 amide bonds. The van der Waals surface area contributed by atoms with Crippen molar-refractivity contribution in [2.24, 2.45) is 0 Å². The predicted molar refractivity (Wildman–Crippen MR) is 112 cm³/mol. The van der Waals surface area contributed by atoms with Gasteiger partial charge in [-0.05, 0) is 43.7 Å². The summed E-state index contributed by atoms with van der Waals surface area (Å²) in [5.74, 6) is -1.41. The van der Waals surface area contributed by atoms with Gasteiger partial charge in [-0.1, -0.05) is 41.4 Å². The van der Waals surface area contributed by atoms with E-state index in [2.05, 4.69) is 5.32 Å². The second-order valence-corrected chi connectivity index (χ2v) is 8.15. The topological polar surface area (TPSA) is 69.7 Å². The molecule has 6 nitrogen and oxygen atoms in total. The largest absolute Gasteiger partial charge is 0.337 e. The first-order chi connectivity index (χ1) is 14.0. The molecule has 0 saturated carbocycles. The Bertz CT molecular complexity index is 1020. The number of halogens is 3. The number of rotatable bonds is 5. The molecule has 0 bridgehead atoms. The predicted octanol–water partition coefficient (Wildman–Crippen LogP) is 4.12. The summed E-state index contributed by atoms with van der Waals surface area (Å²) in [6.07, 6.45) is 0. The Balaban J connectivity index is 1.77. The number of likely N-dealkylation sites (N-methyl/N-ethyl adjacent to an activating group) is 1. The number of amides is 4. The summed E-state index contributed by atoms with van der Waals surface area (Å²) in [5.41, 5.74) is -0.308. The smallest absolute Gasteiger partial charge is 0.325 e. The van der Waals surface area contributed by atoms with Crippen molar-refractivity contribution in [3.8, 4) is 0 Å². The molecule has 2 aromatic rings. The van der Waals surface area contributed by atoms with E-state index in [-0.39, 0.29) is 16.9 Å². The van der Waals surface area contributed by atoms with Crippen LogP contribution >= 0.6 is 23.2 Å². The Kier molecular flexibility index (Phi) is 6.06. The van der Waals surface area contributed by atoms with Gasteiger partial charge in [0.15, 0.2) is 0 Å². The van der Waals surface area contributed by atoms with E-state index in [9.17, 15) is 18.8 Å². The van der Waals surface area contributed by atoms with E-state index in [0.29, 0.717) is 10.6 Å². The zero-order valence-corrected chi connectivity index (χ0v) is 18.1. The second-order valence-electron chi connectivity index (χ2n) is 7.30. The fourth-order valence-electron chi connectivity index (χ4n) is 3.35. The van der Waals surface area contributed by atoms with E-state index < -0.39 is 29.9 Å². The van der Waals surface area contributed by atoms with Crippen molar-refractivity contribution in [1.29, 1.82) is 0 Å². The van der Waals surface area contributed by atoms with Crippen LogP contribution in [0.2, 0.25) is 10.0 Å². The average molecular weight is 452 g/mol. The van der Waals surface area contributed by atoms with Gasteiger partial charge >= 0.3 is 6.03 Å². The third kappa shape index (κ3) is 4.00. The van der Waals surface area contributed by atoms with E-state index in [4.69, 9.17) is 23.2 Å². The molecule has 1 aliphatic rings. The molecule has 30 heavy (non-hydrogen) atoms. The second kappa shape index (κ2) is 8.24. The number of hydrogen-bond acceptors (Lipinski definition) is 3. The van der Waals surface area contributed by atoms with Gasteiger partial charge in [-0.15, -0.1) is 0 Å². The monoisotopic (exact) mass is 451 g/mol. The lowest BCUT2D eigenvalue weighted by Crippen LogP contribution is -2.44. The Morgan fingerprint density at radius 1 is 1.20 bits per heavy atom. The molecule has 158 valence electrons. The molecule has 1 fully saturated rings. The van der Waals surface area contributed by atoms with Crippen LogP contribution in [0.4, 0.5) is 9.18 Å². The summed E-state index contributed by atoms with van der Waals surface area (Å²) >= 11 is 12.1. The summed E-state index contributed by atoms with van der Waals surface area (Å²) in [4.78, 5) is 40.6. The molecular weight excluding hydrogens is 432 g/mol. The molecule has 0 spiro atoms. The van der Waals surface area contributed by atoms with Crippen molar-refractivity contribution in [2.75, 3.05) is 13.6 Å². The van der Waals surface area contributed by atoms with Gasteiger partial charge in [0.2, 0.25) is 5.91 Å². The highest BCUT2D eigenvalue weighted by atomic mass is 35.5. The number of urea groups is 1. The molecule has 2 aromatic carbocycles. The van der Waals surface area contributed by atoms with E-state index in [1.807, 2.05) is 0 Å². The van der Waals surface area contributed by atoms with Crippen LogP contribution < -0.4 is 5.32 Å². The molecule has 2 unspecified atom stereocenters. The first kappa shape index (κ1) is 22.1. The quantitative estimate of drug-likeness (QED) is 0.695. The molecular formula is C21H20Cl2FN3O3. The van der Waals surface area contributed by atoms with Gasteiger partial charge in [0.25, 0.3) is 5.91 Å². The fraction of sp³-hybridized carbons (Fsp3) is 0.286. The SMILES string of the molecule is CC(c1ccc(F)cc1)N(C)C(=O)CN1C(=O)NC(C)(c2ccc(Cl)cc2Cl)C1=O. The number of nitrogens with zero attached hydrogens (tertiary/aromatic N) is 2. The minimum atomic E-state index is -1.42. The molecule has 1 N–H and O–H groups in total. The molecule has 0 aliphatic carbocycles. The van der Waals surface area contributed by atoms with Crippen LogP contribution in [-0.4, -0.2) is 41.2 Å². The Morgan fingerprint density at radius 2 is 1.83 bits per heavy atom. The van der Waals surface area contributed by atoms with Gasteiger partial charge in [-0.25, -0.2) is 9.18 Å². The molecule has 1 aliphatic heterocycles. The first-order valence-electron chi connectivity index (χ1n) is 9.15.